The van der Waals surface area contributed by atoms with Crippen molar-refractivity contribution in [2.75, 3.05) is 13.1 Å². The number of hydrogen-bond donors (Lipinski definition) is 0. The molecule has 0 aromatic heterocycles. The highest BCUT2D eigenvalue weighted by Gasteiger charge is 2.43. The molecule has 1 saturated carbocycles. The van der Waals surface area contributed by atoms with Gasteiger partial charge in [-0.25, -0.2) is 0 Å². The molecular weight excluding hydrogens is 246 g/mol. The Morgan fingerprint density at radius 1 is 1.05 bits per heavy atom. The molecule has 0 amide bonds. The topological polar surface area (TPSA) is 20.3 Å². The first kappa shape index (κ1) is 17.7. The zero-order valence-corrected chi connectivity index (χ0v) is 14.4. The Morgan fingerprint density at radius 2 is 1.65 bits per heavy atom. The number of carbonyl (C=O) groups is 1. The van der Waals surface area contributed by atoms with E-state index in [0.29, 0.717) is 11.7 Å². The number of nitrogens with zero attached hydrogens (tertiary/aromatic N) is 1. The summed E-state index contributed by atoms with van der Waals surface area (Å²) in [5.74, 6) is 1.64. The molecule has 1 aliphatic rings. The third kappa shape index (κ3) is 3.44. The third-order valence-electron chi connectivity index (χ3n) is 5.73. The summed E-state index contributed by atoms with van der Waals surface area (Å²) in [4.78, 5) is 15.7. The maximum atomic E-state index is 13.3. The first-order chi connectivity index (χ1) is 9.59. The Morgan fingerprint density at radius 3 is 2.10 bits per heavy atom. The molecule has 2 unspecified atom stereocenters. The predicted molar refractivity (Wildman–Crippen MR) is 87.0 cm³/mol. The van der Waals surface area contributed by atoms with Gasteiger partial charge in [-0.05, 0) is 44.7 Å². The van der Waals surface area contributed by atoms with Gasteiger partial charge >= 0.3 is 0 Å². The molecule has 0 aromatic carbocycles. The Labute approximate surface area is 126 Å². The van der Waals surface area contributed by atoms with E-state index in [-0.39, 0.29) is 5.54 Å². The molecule has 1 rings (SSSR count). The highest BCUT2D eigenvalue weighted by molar-refractivity contribution is 5.90. The zero-order chi connectivity index (χ0) is 15.2. The molecule has 2 atom stereocenters. The first-order valence-corrected chi connectivity index (χ1v) is 8.88. The Hall–Kier alpha value is -0.370. The molecule has 0 radical (unpaired) electrons. The van der Waals surface area contributed by atoms with E-state index in [1.165, 1.54) is 19.3 Å². The van der Waals surface area contributed by atoms with Crippen LogP contribution < -0.4 is 0 Å². The van der Waals surface area contributed by atoms with Crippen molar-refractivity contribution < 1.29 is 4.79 Å². The van der Waals surface area contributed by atoms with Crippen molar-refractivity contribution in [1.82, 2.24) is 4.90 Å². The SMILES string of the molecule is CCC1CCCC(C(=O)C(CC)(CC)N(CC)CC)C1. The highest BCUT2D eigenvalue weighted by atomic mass is 16.1. The van der Waals surface area contributed by atoms with Crippen LogP contribution in [0.4, 0.5) is 0 Å². The van der Waals surface area contributed by atoms with E-state index in [4.69, 9.17) is 0 Å². The van der Waals surface area contributed by atoms with Gasteiger partial charge < -0.3 is 0 Å². The molecule has 0 aromatic rings. The quantitative estimate of drug-likeness (QED) is 0.644. The smallest absolute Gasteiger partial charge is 0.156 e. The van der Waals surface area contributed by atoms with Gasteiger partial charge in [0.1, 0.15) is 0 Å². The summed E-state index contributed by atoms with van der Waals surface area (Å²) in [5, 5.41) is 0. The van der Waals surface area contributed by atoms with Gasteiger partial charge in [0.15, 0.2) is 5.78 Å². The van der Waals surface area contributed by atoms with Crippen LogP contribution in [0.2, 0.25) is 0 Å². The van der Waals surface area contributed by atoms with Crippen LogP contribution in [-0.2, 0) is 4.79 Å². The van der Waals surface area contributed by atoms with Gasteiger partial charge in [0.05, 0.1) is 5.54 Å². The van der Waals surface area contributed by atoms with E-state index in [1.54, 1.807) is 0 Å². The Balaban J connectivity index is 2.93. The van der Waals surface area contributed by atoms with Crippen molar-refractivity contribution in [3.05, 3.63) is 0 Å². The van der Waals surface area contributed by atoms with Gasteiger partial charge in [0.2, 0.25) is 0 Å². The number of hydrogen-bond acceptors (Lipinski definition) is 2. The van der Waals surface area contributed by atoms with Crippen molar-refractivity contribution in [3.8, 4) is 0 Å². The summed E-state index contributed by atoms with van der Waals surface area (Å²) in [7, 11) is 0. The van der Waals surface area contributed by atoms with E-state index < -0.39 is 0 Å². The molecule has 0 spiro atoms. The Kier molecular flexibility index (Phi) is 7.22. The van der Waals surface area contributed by atoms with Crippen molar-refractivity contribution in [3.63, 3.8) is 0 Å². The van der Waals surface area contributed by atoms with Gasteiger partial charge in [-0.3, -0.25) is 9.69 Å². The maximum absolute atomic E-state index is 13.3. The van der Waals surface area contributed by atoms with E-state index >= 15 is 0 Å². The summed E-state index contributed by atoms with van der Waals surface area (Å²) >= 11 is 0. The average molecular weight is 281 g/mol. The van der Waals surface area contributed by atoms with Crippen molar-refractivity contribution in [1.29, 1.82) is 0 Å². The fraction of sp³-hybridized carbons (Fsp3) is 0.944. The van der Waals surface area contributed by atoms with Crippen LogP contribution in [0.5, 0.6) is 0 Å². The first-order valence-electron chi connectivity index (χ1n) is 8.88. The minimum atomic E-state index is -0.205. The second kappa shape index (κ2) is 8.17. The van der Waals surface area contributed by atoms with Gasteiger partial charge in [-0.15, -0.1) is 0 Å². The highest BCUT2D eigenvalue weighted by Crippen LogP contribution is 2.37. The molecule has 0 N–H and O–H groups in total. The zero-order valence-electron chi connectivity index (χ0n) is 14.4. The number of likely N-dealkylation sites (N-methyl/N-ethyl adjacent to an activating group) is 1. The summed E-state index contributed by atoms with van der Waals surface area (Å²) in [6.07, 6.45) is 7.99. The van der Waals surface area contributed by atoms with E-state index in [1.807, 2.05) is 0 Å². The van der Waals surface area contributed by atoms with E-state index in [2.05, 4.69) is 39.5 Å². The molecule has 0 aliphatic heterocycles. The lowest BCUT2D eigenvalue weighted by Gasteiger charge is -2.44. The summed E-state index contributed by atoms with van der Waals surface area (Å²) in [6.45, 7) is 13.0. The number of rotatable bonds is 8. The second-order valence-electron chi connectivity index (χ2n) is 6.41. The molecule has 20 heavy (non-hydrogen) atoms. The molecule has 1 fully saturated rings. The summed E-state index contributed by atoms with van der Waals surface area (Å²) in [6, 6.07) is 0. The average Bonchev–Trinajstić information content (AvgIpc) is 2.52. The standard InChI is InChI=1S/C18H35NO/c1-6-15-12-11-13-16(14-15)17(20)18(7-2,8-3)19(9-4)10-5/h15-16H,6-14H2,1-5H3. The largest absolute Gasteiger partial charge is 0.297 e. The molecular formula is C18H35NO. The minimum absolute atomic E-state index is 0.205. The normalized spacial score (nSPS) is 24.1. The van der Waals surface area contributed by atoms with Gasteiger partial charge in [-0.1, -0.05) is 53.9 Å². The van der Waals surface area contributed by atoms with Gasteiger partial charge in [0, 0.05) is 5.92 Å². The van der Waals surface area contributed by atoms with Crippen LogP contribution >= 0.6 is 0 Å². The van der Waals surface area contributed by atoms with E-state index in [0.717, 1.165) is 44.7 Å². The number of ketones is 1. The van der Waals surface area contributed by atoms with Crippen LogP contribution in [0.15, 0.2) is 0 Å². The maximum Gasteiger partial charge on any atom is 0.156 e. The third-order valence-corrected chi connectivity index (χ3v) is 5.73. The van der Waals surface area contributed by atoms with Crippen molar-refractivity contribution in [2.24, 2.45) is 11.8 Å². The lowest BCUT2D eigenvalue weighted by atomic mass is 9.71. The molecule has 0 heterocycles. The summed E-state index contributed by atoms with van der Waals surface area (Å²) < 4.78 is 0. The number of Topliss-reactive ketones (excluding diaryl/α,β-unsaturated/α-hetero) is 1. The summed E-state index contributed by atoms with van der Waals surface area (Å²) in [5.41, 5.74) is -0.205. The lowest BCUT2D eigenvalue weighted by Crippen LogP contribution is -2.56. The van der Waals surface area contributed by atoms with Crippen LogP contribution in [0.1, 0.15) is 79.6 Å². The molecule has 0 saturated heterocycles. The Bertz CT molecular complexity index is 292. The second-order valence-corrected chi connectivity index (χ2v) is 6.41. The lowest BCUT2D eigenvalue weighted by molar-refractivity contribution is -0.137. The molecule has 118 valence electrons. The van der Waals surface area contributed by atoms with Gasteiger partial charge in [0.25, 0.3) is 0 Å². The predicted octanol–water partition coefficient (Wildman–Crippen LogP) is 4.67. The molecule has 2 nitrogen and oxygen atoms in total. The van der Waals surface area contributed by atoms with Gasteiger partial charge in [-0.2, -0.15) is 0 Å². The minimum Gasteiger partial charge on any atom is -0.297 e. The molecule has 1 aliphatic carbocycles. The van der Waals surface area contributed by atoms with Crippen LogP contribution in [0.25, 0.3) is 0 Å². The van der Waals surface area contributed by atoms with Crippen LogP contribution in [-0.4, -0.2) is 29.3 Å². The van der Waals surface area contributed by atoms with Crippen molar-refractivity contribution >= 4 is 5.78 Å². The fourth-order valence-corrected chi connectivity index (χ4v) is 4.31. The molecule has 2 heteroatoms. The van der Waals surface area contributed by atoms with Crippen LogP contribution in [0, 0.1) is 11.8 Å². The van der Waals surface area contributed by atoms with E-state index in [9.17, 15) is 4.79 Å². The van der Waals surface area contributed by atoms with Crippen molar-refractivity contribution in [2.45, 2.75) is 85.1 Å². The fourth-order valence-electron chi connectivity index (χ4n) is 4.31. The molecule has 0 bridgehead atoms. The van der Waals surface area contributed by atoms with Crippen LogP contribution in [0.3, 0.4) is 0 Å². The number of carbonyl (C=O) groups excluding carboxylic acids is 1. The monoisotopic (exact) mass is 281 g/mol.